The molecule has 1 aliphatic heterocycles. The molecule has 2 aromatic carbocycles. The summed E-state index contributed by atoms with van der Waals surface area (Å²) in [6, 6.07) is 18.0. The number of carbonyl (C=O) groups is 1. The molecule has 1 aliphatic rings. The molecule has 0 radical (unpaired) electrons. The van der Waals surface area contributed by atoms with Crippen LogP contribution in [0.4, 0.5) is 0 Å². The molecule has 3 aromatic rings. The van der Waals surface area contributed by atoms with E-state index in [1.54, 1.807) is 6.20 Å². The van der Waals surface area contributed by atoms with Gasteiger partial charge in [-0.25, -0.2) is 4.98 Å². The van der Waals surface area contributed by atoms with Crippen molar-refractivity contribution < 1.29 is 4.79 Å². The smallest absolute Gasteiger partial charge is 0.254 e. The zero-order valence-corrected chi connectivity index (χ0v) is 12.7. The maximum Gasteiger partial charge on any atom is 0.254 e. The van der Waals surface area contributed by atoms with Gasteiger partial charge in [0.1, 0.15) is 5.82 Å². The largest absolute Gasteiger partial charge is 0.332 e. The summed E-state index contributed by atoms with van der Waals surface area (Å²) < 4.78 is 2.10. The van der Waals surface area contributed by atoms with Crippen molar-refractivity contribution in [2.24, 2.45) is 0 Å². The fourth-order valence-electron chi connectivity index (χ4n) is 2.97. The minimum atomic E-state index is 0.0684. The van der Waals surface area contributed by atoms with Gasteiger partial charge in [0.2, 0.25) is 0 Å². The Balaban J connectivity index is 1.53. The summed E-state index contributed by atoms with van der Waals surface area (Å²) in [5.41, 5.74) is 3.01. The summed E-state index contributed by atoms with van der Waals surface area (Å²) in [5.74, 6) is 1.02. The number of aromatic nitrogens is 2. The highest BCUT2D eigenvalue weighted by Gasteiger charge is 2.22. The second kappa shape index (κ2) is 5.72. The van der Waals surface area contributed by atoms with Gasteiger partial charge in [0.05, 0.1) is 6.54 Å². The van der Waals surface area contributed by atoms with Crippen molar-refractivity contribution in [1.29, 1.82) is 0 Å². The number of rotatable bonds is 2. The van der Waals surface area contributed by atoms with Gasteiger partial charge >= 0.3 is 0 Å². The van der Waals surface area contributed by atoms with Gasteiger partial charge in [-0.3, -0.25) is 4.79 Å². The van der Waals surface area contributed by atoms with E-state index in [4.69, 9.17) is 0 Å². The van der Waals surface area contributed by atoms with Crippen LogP contribution in [0.15, 0.2) is 67.0 Å². The number of amides is 1. The Bertz CT molecular complexity index is 821. The molecule has 0 spiro atoms. The van der Waals surface area contributed by atoms with E-state index in [2.05, 4.69) is 21.7 Å². The van der Waals surface area contributed by atoms with Gasteiger partial charge < -0.3 is 9.47 Å². The molecule has 1 aromatic heterocycles. The van der Waals surface area contributed by atoms with E-state index in [1.807, 2.05) is 53.6 Å². The summed E-state index contributed by atoms with van der Waals surface area (Å²) in [4.78, 5) is 18.8. The van der Waals surface area contributed by atoms with Crippen LogP contribution in [0, 0.1) is 0 Å². The van der Waals surface area contributed by atoms with Crippen LogP contribution in [0.5, 0.6) is 0 Å². The molecule has 0 fully saturated rings. The van der Waals surface area contributed by atoms with Crippen LogP contribution in [-0.4, -0.2) is 26.9 Å². The van der Waals surface area contributed by atoms with Gasteiger partial charge in [-0.2, -0.15) is 0 Å². The Labute approximate surface area is 135 Å². The molecule has 4 nitrogen and oxygen atoms in total. The van der Waals surface area contributed by atoms with Crippen LogP contribution in [0.2, 0.25) is 0 Å². The molecule has 1 amide bonds. The molecule has 0 saturated carbocycles. The van der Waals surface area contributed by atoms with Crippen LogP contribution >= 0.6 is 0 Å². The highest BCUT2D eigenvalue weighted by atomic mass is 16.2. The van der Waals surface area contributed by atoms with Crippen molar-refractivity contribution in [1.82, 2.24) is 14.5 Å². The van der Waals surface area contributed by atoms with Crippen LogP contribution < -0.4 is 0 Å². The Morgan fingerprint density at radius 2 is 1.65 bits per heavy atom. The number of imidazole rings is 1. The van der Waals surface area contributed by atoms with Crippen LogP contribution in [0.1, 0.15) is 16.2 Å². The second-order valence-electron chi connectivity index (χ2n) is 5.71. The fourth-order valence-corrected chi connectivity index (χ4v) is 2.97. The first-order valence-corrected chi connectivity index (χ1v) is 7.76. The normalized spacial score (nSPS) is 13.7. The monoisotopic (exact) mass is 303 g/mol. The standard InChI is InChI=1S/C19H17N3O/c23-19(22-13-12-21-11-10-20-18(21)14-22)17-8-6-16(7-9-17)15-4-2-1-3-5-15/h1-11H,12-14H2. The molecule has 114 valence electrons. The molecule has 0 atom stereocenters. The van der Waals surface area contributed by atoms with Gasteiger partial charge in [0.15, 0.2) is 0 Å². The van der Waals surface area contributed by atoms with E-state index in [0.717, 1.165) is 35.6 Å². The van der Waals surface area contributed by atoms with Crippen molar-refractivity contribution >= 4 is 5.91 Å². The van der Waals surface area contributed by atoms with Crippen molar-refractivity contribution in [2.45, 2.75) is 13.1 Å². The lowest BCUT2D eigenvalue weighted by atomic mass is 10.0. The van der Waals surface area contributed by atoms with Gasteiger partial charge in [-0.05, 0) is 23.3 Å². The predicted molar refractivity (Wildman–Crippen MR) is 88.8 cm³/mol. The fraction of sp³-hybridized carbons (Fsp3) is 0.158. The zero-order valence-electron chi connectivity index (χ0n) is 12.7. The highest BCUT2D eigenvalue weighted by Crippen LogP contribution is 2.20. The molecule has 0 unspecified atom stereocenters. The van der Waals surface area contributed by atoms with Crippen molar-refractivity contribution in [2.75, 3.05) is 6.54 Å². The average molecular weight is 303 g/mol. The predicted octanol–water partition coefficient (Wildman–Crippen LogP) is 3.21. The number of nitrogens with zero attached hydrogens (tertiary/aromatic N) is 3. The first-order valence-electron chi connectivity index (χ1n) is 7.76. The van der Waals surface area contributed by atoms with Crippen LogP contribution in [0.3, 0.4) is 0 Å². The molecule has 0 aliphatic carbocycles. The van der Waals surface area contributed by atoms with Crippen LogP contribution in [-0.2, 0) is 13.1 Å². The topological polar surface area (TPSA) is 38.1 Å². The molecular weight excluding hydrogens is 286 g/mol. The quantitative estimate of drug-likeness (QED) is 0.729. The Morgan fingerprint density at radius 1 is 0.913 bits per heavy atom. The maximum absolute atomic E-state index is 12.7. The summed E-state index contributed by atoms with van der Waals surface area (Å²) in [5, 5.41) is 0. The van der Waals surface area contributed by atoms with Crippen molar-refractivity contribution in [3.05, 3.63) is 78.4 Å². The third kappa shape index (κ3) is 2.63. The summed E-state index contributed by atoms with van der Waals surface area (Å²) in [6.07, 6.45) is 3.75. The second-order valence-corrected chi connectivity index (χ2v) is 5.71. The van der Waals surface area contributed by atoms with Crippen molar-refractivity contribution in [3.63, 3.8) is 0 Å². The van der Waals surface area contributed by atoms with Crippen LogP contribution in [0.25, 0.3) is 11.1 Å². The van der Waals surface area contributed by atoms with E-state index in [-0.39, 0.29) is 5.91 Å². The molecular formula is C19H17N3O. The SMILES string of the molecule is O=C(c1ccc(-c2ccccc2)cc1)N1CCn2ccnc2C1. The van der Waals surface area contributed by atoms with Gasteiger partial charge in [0.25, 0.3) is 5.91 Å². The molecule has 2 heterocycles. The minimum absolute atomic E-state index is 0.0684. The minimum Gasteiger partial charge on any atom is -0.332 e. The molecule has 23 heavy (non-hydrogen) atoms. The van der Waals surface area contributed by atoms with E-state index < -0.39 is 0 Å². The van der Waals surface area contributed by atoms with Crippen molar-refractivity contribution in [3.8, 4) is 11.1 Å². The van der Waals surface area contributed by atoms with Gasteiger partial charge in [-0.1, -0.05) is 42.5 Å². The molecule has 0 bridgehead atoms. The first kappa shape index (κ1) is 13.8. The first-order chi connectivity index (χ1) is 11.3. The van der Waals surface area contributed by atoms with E-state index >= 15 is 0 Å². The third-order valence-electron chi connectivity index (χ3n) is 4.27. The van der Waals surface area contributed by atoms with E-state index in [9.17, 15) is 4.79 Å². The van der Waals surface area contributed by atoms with Gasteiger partial charge in [-0.15, -0.1) is 0 Å². The Hall–Kier alpha value is -2.88. The summed E-state index contributed by atoms with van der Waals surface area (Å²) in [6.45, 7) is 2.11. The lowest BCUT2D eigenvalue weighted by molar-refractivity contribution is 0.0707. The number of hydrogen-bond acceptors (Lipinski definition) is 2. The lowest BCUT2D eigenvalue weighted by Gasteiger charge is -2.27. The maximum atomic E-state index is 12.7. The zero-order chi connectivity index (χ0) is 15.6. The molecule has 4 heteroatoms. The summed E-state index contributed by atoms with van der Waals surface area (Å²) >= 11 is 0. The number of hydrogen-bond donors (Lipinski definition) is 0. The molecule has 0 saturated heterocycles. The lowest BCUT2D eigenvalue weighted by Crippen LogP contribution is -2.38. The van der Waals surface area contributed by atoms with E-state index in [0.29, 0.717) is 6.54 Å². The number of fused-ring (bicyclic) bond motifs is 1. The van der Waals surface area contributed by atoms with Gasteiger partial charge in [0, 0.05) is 31.0 Å². The molecule has 4 rings (SSSR count). The third-order valence-corrected chi connectivity index (χ3v) is 4.27. The number of carbonyl (C=O) groups excluding carboxylic acids is 1. The Kier molecular flexibility index (Phi) is 3.42. The molecule has 0 N–H and O–H groups in total. The number of benzene rings is 2. The Morgan fingerprint density at radius 3 is 2.43 bits per heavy atom. The van der Waals surface area contributed by atoms with E-state index in [1.165, 1.54) is 0 Å². The average Bonchev–Trinajstić information content (AvgIpc) is 3.10. The highest BCUT2D eigenvalue weighted by molar-refractivity contribution is 5.94. The summed E-state index contributed by atoms with van der Waals surface area (Å²) in [7, 11) is 0.